The summed E-state index contributed by atoms with van der Waals surface area (Å²) in [7, 11) is 3.87. The molecule has 2 amide bonds. The first-order valence-corrected chi connectivity index (χ1v) is 11.0. The van der Waals surface area contributed by atoms with E-state index in [2.05, 4.69) is 10.6 Å². The van der Waals surface area contributed by atoms with Crippen LogP contribution in [-0.2, 0) is 19.1 Å². The molecule has 0 radical (unpaired) electrons. The summed E-state index contributed by atoms with van der Waals surface area (Å²) in [5.74, 6) is 0.284. The maximum atomic E-state index is 11.9. The quantitative estimate of drug-likeness (QED) is 0.375. The minimum atomic E-state index is -0.405. The zero-order valence-corrected chi connectivity index (χ0v) is 16.4. The second-order valence-electron chi connectivity index (χ2n) is 6.05. The van der Waals surface area contributed by atoms with Gasteiger partial charge in [-0.15, -0.1) is 0 Å². The van der Waals surface area contributed by atoms with Gasteiger partial charge in [-0.05, 0) is 37.5 Å². The van der Waals surface area contributed by atoms with E-state index in [-0.39, 0.29) is 18.5 Å². The molecule has 0 unspecified atom stereocenters. The van der Waals surface area contributed by atoms with Crippen LogP contribution >= 0.6 is 21.6 Å². The predicted molar refractivity (Wildman–Crippen MR) is 107 cm³/mol. The number of anilines is 2. The second-order valence-corrected chi connectivity index (χ2v) is 8.83. The number of ether oxygens (including phenoxy) is 1. The number of esters is 1. The lowest BCUT2D eigenvalue weighted by Crippen LogP contribution is -2.21. The Bertz CT molecular complexity index is 633. The molecule has 1 fully saturated rings. The number of hydrogen-bond donors (Lipinski definition) is 2. The smallest absolute Gasteiger partial charge is 0.306 e. The lowest BCUT2D eigenvalue weighted by molar-refractivity contribution is -0.147. The van der Waals surface area contributed by atoms with Gasteiger partial charge in [0, 0.05) is 35.7 Å². The summed E-state index contributed by atoms with van der Waals surface area (Å²) in [5.41, 5.74) is 1.12. The average Bonchev–Trinajstić information content (AvgIpc) is 3.10. The van der Waals surface area contributed by atoms with Crippen LogP contribution in [0.25, 0.3) is 0 Å². The number of benzene rings is 1. The van der Waals surface area contributed by atoms with Crippen molar-refractivity contribution in [3.8, 4) is 0 Å². The van der Waals surface area contributed by atoms with E-state index in [0.29, 0.717) is 17.8 Å². The SMILES string of the molecule is CC(=O)Nc1cccc(NC(=O)COC(=O)CCCC[C@H]2CCSS2)c1. The number of hydrogen-bond acceptors (Lipinski definition) is 6. The topological polar surface area (TPSA) is 84.5 Å². The monoisotopic (exact) mass is 396 g/mol. The molecule has 1 atom stereocenters. The Kier molecular flexibility index (Phi) is 8.84. The Morgan fingerprint density at radius 1 is 1.19 bits per heavy atom. The van der Waals surface area contributed by atoms with Gasteiger partial charge in [0.05, 0.1) is 0 Å². The first-order chi connectivity index (χ1) is 12.5. The highest BCUT2D eigenvalue weighted by atomic mass is 33.1. The van der Waals surface area contributed by atoms with E-state index in [4.69, 9.17) is 4.74 Å². The summed E-state index contributed by atoms with van der Waals surface area (Å²) in [5, 5.41) is 6.00. The lowest BCUT2D eigenvalue weighted by atomic mass is 10.1. The molecule has 6 nitrogen and oxygen atoms in total. The third kappa shape index (κ3) is 8.14. The lowest BCUT2D eigenvalue weighted by Gasteiger charge is -2.09. The van der Waals surface area contributed by atoms with Gasteiger partial charge in [-0.25, -0.2) is 0 Å². The molecule has 8 heteroatoms. The molecule has 0 saturated carbocycles. The molecule has 0 aliphatic carbocycles. The molecule has 142 valence electrons. The van der Waals surface area contributed by atoms with Crippen molar-refractivity contribution in [2.24, 2.45) is 0 Å². The molecule has 0 aromatic heterocycles. The number of carbonyl (C=O) groups excluding carboxylic acids is 3. The summed E-state index contributed by atoms with van der Waals surface area (Å²) >= 11 is 0. The Labute approximate surface area is 161 Å². The minimum Gasteiger partial charge on any atom is -0.456 e. The number of carbonyl (C=O) groups is 3. The highest BCUT2D eigenvalue weighted by Gasteiger charge is 2.16. The van der Waals surface area contributed by atoms with Gasteiger partial charge in [0.25, 0.3) is 5.91 Å². The van der Waals surface area contributed by atoms with Crippen molar-refractivity contribution >= 4 is 50.7 Å². The van der Waals surface area contributed by atoms with Crippen LogP contribution in [0.5, 0.6) is 0 Å². The average molecular weight is 397 g/mol. The standard InChI is InChI=1S/C18H24N2O4S2/c1-13(21)19-14-5-4-6-15(11-14)20-17(22)12-24-18(23)8-3-2-7-16-9-10-25-26-16/h4-6,11,16H,2-3,7-10,12H2,1H3,(H,19,21)(H,20,22)/t16-/m0/s1. The molecule has 1 aromatic rings. The fraction of sp³-hybridized carbons (Fsp3) is 0.500. The molecule has 1 aliphatic heterocycles. The van der Waals surface area contributed by atoms with Gasteiger partial charge in [0.2, 0.25) is 5.91 Å². The third-order valence-corrected chi connectivity index (χ3v) is 6.72. The molecule has 0 spiro atoms. The molecule has 26 heavy (non-hydrogen) atoms. The normalized spacial score (nSPS) is 16.1. The number of rotatable bonds is 9. The Morgan fingerprint density at radius 2 is 1.96 bits per heavy atom. The van der Waals surface area contributed by atoms with Gasteiger partial charge in [-0.3, -0.25) is 14.4 Å². The van der Waals surface area contributed by atoms with Crippen molar-refractivity contribution in [1.82, 2.24) is 0 Å². The van der Waals surface area contributed by atoms with Gasteiger partial charge in [0.15, 0.2) is 6.61 Å². The van der Waals surface area contributed by atoms with E-state index >= 15 is 0 Å². The summed E-state index contributed by atoms with van der Waals surface area (Å²) in [6.45, 7) is 1.11. The Balaban J connectivity index is 1.61. The highest BCUT2D eigenvalue weighted by Crippen LogP contribution is 2.39. The van der Waals surface area contributed by atoms with Crippen LogP contribution in [0.2, 0.25) is 0 Å². The van der Waals surface area contributed by atoms with Crippen LogP contribution in [0.3, 0.4) is 0 Å². The van der Waals surface area contributed by atoms with Crippen LogP contribution in [0.1, 0.15) is 39.0 Å². The van der Waals surface area contributed by atoms with E-state index in [1.807, 2.05) is 21.6 Å². The van der Waals surface area contributed by atoms with Gasteiger partial charge < -0.3 is 15.4 Å². The highest BCUT2D eigenvalue weighted by molar-refractivity contribution is 8.77. The molecule has 2 rings (SSSR count). The van der Waals surface area contributed by atoms with Gasteiger partial charge in [-0.2, -0.15) is 0 Å². The van der Waals surface area contributed by atoms with Crippen molar-refractivity contribution < 1.29 is 19.1 Å². The number of unbranched alkanes of at least 4 members (excludes halogenated alkanes) is 1. The summed E-state index contributed by atoms with van der Waals surface area (Å²) in [4.78, 5) is 34.6. The van der Waals surface area contributed by atoms with Crippen molar-refractivity contribution in [3.63, 3.8) is 0 Å². The first kappa shape index (κ1) is 20.6. The van der Waals surface area contributed by atoms with E-state index in [9.17, 15) is 14.4 Å². The van der Waals surface area contributed by atoms with E-state index in [0.717, 1.165) is 24.5 Å². The molecule has 1 saturated heterocycles. The fourth-order valence-electron chi connectivity index (χ4n) is 2.50. The molecule has 1 aromatic carbocycles. The van der Waals surface area contributed by atoms with E-state index in [1.54, 1.807) is 24.3 Å². The van der Waals surface area contributed by atoms with Crippen LogP contribution in [0, 0.1) is 0 Å². The van der Waals surface area contributed by atoms with Crippen LogP contribution in [0.15, 0.2) is 24.3 Å². The Hall–Kier alpha value is -1.67. The molecule has 1 heterocycles. The molecule has 1 aliphatic rings. The first-order valence-electron chi connectivity index (χ1n) is 8.64. The summed E-state index contributed by atoms with van der Waals surface area (Å²) in [6, 6.07) is 6.78. The second kappa shape index (κ2) is 11.1. The fourth-order valence-corrected chi connectivity index (χ4v) is 5.53. The van der Waals surface area contributed by atoms with Crippen LogP contribution in [-0.4, -0.2) is 35.4 Å². The van der Waals surface area contributed by atoms with Gasteiger partial charge in [0.1, 0.15) is 0 Å². The number of amides is 2. The van der Waals surface area contributed by atoms with Crippen LogP contribution in [0.4, 0.5) is 11.4 Å². The minimum absolute atomic E-state index is 0.187. The third-order valence-electron chi connectivity index (χ3n) is 3.72. The van der Waals surface area contributed by atoms with E-state index in [1.165, 1.54) is 19.1 Å². The zero-order valence-electron chi connectivity index (χ0n) is 14.8. The van der Waals surface area contributed by atoms with Gasteiger partial charge >= 0.3 is 5.97 Å². The molecule has 2 N–H and O–H groups in total. The summed E-state index contributed by atoms with van der Waals surface area (Å²) < 4.78 is 5.01. The number of nitrogens with one attached hydrogen (secondary N) is 2. The maximum Gasteiger partial charge on any atom is 0.306 e. The molecule has 0 bridgehead atoms. The largest absolute Gasteiger partial charge is 0.456 e. The predicted octanol–water partition coefficient (Wildman–Crippen LogP) is 3.84. The molecular formula is C18H24N2O4S2. The molecular weight excluding hydrogens is 372 g/mol. The Morgan fingerprint density at radius 3 is 2.65 bits per heavy atom. The zero-order chi connectivity index (χ0) is 18.8. The van der Waals surface area contributed by atoms with E-state index < -0.39 is 5.91 Å². The van der Waals surface area contributed by atoms with Gasteiger partial charge in [-0.1, -0.05) is 34.1 Å². The van der Waals surface area contributed by atoms with Crippen LogP contribution < -0.4 is 10.6 Å². The maximum absolute atomic E-state index is 11.9. The van der Waals surface area contributed by atoms with Crippen molar-refractivity contribution in [3.05, 3.63) is 24.3 Å². The van der Waals surface area contributed by atoms with Crippen molar-refractivity contribution in [2.45, 2.75) is 44.3 Å². The summed E-state index contributed by atoms with van der Waals surface area (Å²) in [6.07, 6.45) is 4.53. The van der Waals surface area contributed by atoms with Crippen molar-refractivity contribution in [2.75, 3.05) is 23.0 Å². The van der Waals surface area contributed by atoms with Crippen molar-refractivity contribution in [1.29, 1.82) is 0 Å².